The van der Waals surface area contributed by atoms with Gasteiger partial charge in [-0.25, -0.2) is 0 Å². The van der Waals surface area contributed by atoms with Gasteiger partial charge >= 0.3 is 0 Å². The molecule has 0 saturated heterocycles. The lowest BCUT2D eigenvalue weighted by Crippen LogP contribution is -2.14. The van der Waals surface area contributed by atoms with Crippen LogP contribution in [0, 0.1) is 18.8 Å². The van der Waals surface area contributed by atoms with Crippen LogP contribution in [0.3, 0.4) is 0 Å². The van der Waals surface area contributed by atoms with E-state index in [0.717, 1.165) is 12.1 Å². The number of amides is 1. The molecule has 0 saturated carbocycles. The van der Waals surface area contributed by atoms with Crippen LogP contribution in [0.25, 0.3) is 0 Å². The molecule has 2 aromatic heterocycles. The van der Waals surface area contributed by atoms with Crippen LogP contribution in [-0.4, -0.2) is 16.0 Å². The molecule has 0 fully saturated rings. The van der Waals surface area contributed by atoms with E-state index >= 15 is 0 Å². The van der Waals surface area contributed by atoms with E-state index in [2.05, 4.69) is 15.5 Å². The molecule has 0 atom stereocenters. The molecular formula is C10H7F2N3O2. The minimum absolute atomic E-state index is 0.175. The van der Waals surface area contributed by atoms with Gasteiger partial charge in [0.05, 0.1) is 11.9 Å². The van der Waals surface area contributed by atoms with Crippen molar-refractivity contribution in [3.05, 3.63) is 41.5 Å². The van der Waals surface area contributed by atoms with Gasteiger partial charge in [0.2, 0.25) is 11.9 Å². The smallest absolute Gasteiger partial charge is 0.261 e. The van der Waals surface area contributed by atoms with Crippen LogP contribution < -0.4 is 5.32 Å². The normalized spacial score (nSPS) is 10.3. The first-order chi connectivity index (χ1) is 8.08. The summed E-state index contributed by atoms with van der Waals surface area (Å²) in [6, 6.07) is 2.03. The van der Waals surface area contributed by atoms with Crippen LogP contribution >= 0.6 is 0 Å². The van der Waals surface area contributed by atoms with Crippen molar-refractivity contribution in [3.8, 4) is 0 Å². The van der Waals surface area contributed by atoms with E-state index in [-0.39, 0.29) is 11.3 Å². The Morgan fingerprint density at radius 2 is 2.18 bits per heavy atom. The van der Waals surface area contributed by atoms with Crippen LogP contribution in [0.1, 0.15) is 16.1 Å². The Morgan fingerprint density at radius 1 is 1.41 bits per heavy atom. The van der Waals surface area contributed by atoms with Gasteiger partial charge in [0, 0.05) is 0 Å². The number of nitrogens with zero attached hydrogens (tertiary/aromatic N) is 2. The first-order valence-corrected chi connectivity index (χ1v) is 4.62. The van der Waals surface area contributed by atoms with Crippen LogP contribution in [0.4, 0.5) is 14.5 Å². The van der Waals surface area contributed by atoms with E-state index in [0.29, 0.717) is 5.76 Å². The average Bonchev–Trinajstić information content (AvgIpc) is 2.68. The van der Waals surface area contributed by atoms with Gasteiger partial charge in [0.15, 0.2) is 0 Å². The minimum Gasteiger partial charge on any atom is -0.361 e. The van der Waals surface area contributed by atoms with E-state index in [1.54, 1.807) is 6.92 Å². The highest BCUT2D eigenvalue weighted by molar-refractivity contribution is 6.04. The number of hydrogen-bond donors (Lipinski definition) is 1. The lowest BCUT2D eigenvalue weighted by Gasteiger charge is -2.04. The molecule has 1 N–H and O–H groups in total. The van der Waals surface area contributed by atoms with E-state index in [1.165, 1.54) is 6.20 Å². The summed E-state index contributed by atoms with van der Waals surface area (Å²) in [4.78, 5) is 14.6. The summed E-state index contributed by atoms with van der Waals surface area (Å²) in [7, 11) is 0. The maximum Gasteiger partial charge on any atom is 0.261 e. The molecule has 0 aromatic carbocycles. The second-order valence-electron chi connectivity index (χ2n) is 3.22. The van der Waals surface area contributed by atoms with Crippen LogP contribution in [-0.2, 0) is 0 Å². The van der Waals surface area contributed by atoms with Crippen LogP contribution in [0.5, 0.6) is 0 Å². The fraction of sp³-hybridized carbons (Fsp3) is 0.100. The summed E-state index contributed by atoms with van der Waals surface area (Å²) in [5.74, 6) is -2.34. The molecule has 2 aromatic rings. The van der Waals surface area contributed by atoms with Crippen molar-refractivity contribution < 1.29 is 18.1 Å². The number of pyridine rings is 1. The van der Waals surface area contributed by atoms with Crippen LogP contribution in [0.15, 0.2) is 22.9 Å². The molecule has 0 bridgehead atoms. The molecule has 0 aliphatic heterocycles. The Balaban J connectivity index is 2.22. The topological polar surface area (TPSA) is 68.0 Å². The predicted octanol–water partition coefficient (Wildman–Crippen LogP) is 1.91. The molecule has 5 nitrogen and oxygen atoms in total. The molecule has 1 amide bonds. The average molecular weight is 239 g/mol. The third-order valence-electron chi connectivity index (χ3n) is 2.06. The molecule has 7 heteroatoms. The van der Waals surface area contributed by atoms with E-state index in [4.69, 9.17) is 4.52 Å². The fourth-order valence-corrected chi connectivity index (χ4v) is 1.21. The number of nitrogens with one attached hydrogen (secondary N) is 1. The number of aryl methyl sites for hydroxylation is 1. The van der Waals surface area contributed by atoms with Gasteiger partial charge in [-0.05, 0) is 19.1 Å². The number of carbonyl (C=O) groups is 1. The number of carbonyl (C=O) groups excluding carboxylic acids is 1. The minimum atomic E-state index is -1.09. The maximum atomic E-state index is 13.1. The number of rotatable bonds is 2. The third-order valence-corrected chi connectivity index (χ3v) is 2.06. The molecule has 0 spiro atoms. The van der Waals surface area contributed by atoms with Gasteiger partial charge in [-0.1, -0.05) is 5.16 Å². The molecule has 0 unspecified atom stereocenters. The lowest BCUT2D eigenvalue weighted by atomic mass is 10.2. The highest BCUT2D eigenvalue weighted by atomic mass is 19.1. The number of hydrogen-bond acceptors (Lipinski definition) is 4. The monoisotopic (exact) mass is 239 g/mol. The fourth-order valence-electron chi connectivity index (χ4n) is 1.21. The summed E-state index contributed by atoms with van der Waals surface area (Å²) >= 11 is 0. The zero-order valence-electron chi connectivity index (χ0n) is 8.70. The SMILES string of the molecule is Cc1oncc1C(=O)Nc1ccc(F)nc1F. The molecule has 0 aliphatic rings. The van der Waals surface area contributed by atoms with Gasteiger partial charge in [-0.2, -0.15) is 13.8 Å². The Kier molecular flexibility index (Phi) is 2.82. The quantitative estimate of drug-likeness (QED) is 0.813. The second kappa shape index (κ2) is 4.28. The maximum absolute atomic E-state index is 13.1. The molecule has 2 heterocycles. The van der Waals surface area contributed by atoms with E-state index in [9.17, 15) is 13.6 Å². The molecule has 0 aliphatic carbocycles. The zero-order valence-corrected chi connectivity index (χ0v) is 8.70. The third kappa shape index (κ3) is 2.27. The van der Waals surface area contributed by atoms with E-state index in [1.807, 2.05) is 0 Å². The molecular weight excluding hydrogens is 232 g/mol. The summed E-state index contributed by atoms with van der Waals surface area (Å²) in [6.07, 6.45) is 1.21. The van der Waals surface area contributed by atoms with Gasteiger partial charge in [-0.15, -0.1) is 0 Å². The predicted molar refractivity (Wildman–Crippen MR) is 53.3 cm³/mol. The van der Waals surface area contributed by atoms with Gasteiger partial charge < -0.3 is 9.84 Å². The molecule has 2 rings (SSSR count). The summed E-state index contributed by atoms with van der Waals surface area (Å²) in [5, 5.41) is 5.65. The second-order valence-corrected chi connectivity index (χ2v) is 3.22. The van der Waals surface area contributed by atoms with Gasteiger partial charge in [0.1, 0.15) is 11.3 Å². The highest BCUT2D eigenvalue weighted by Crippen LogP contribution is 2.14. The highest BCUT2D eigenvalue weighted by Gasteiger charge is 2.15. The van der Waals surface area contributed by atoms with Crippen LogP contribution in [0.2, 0.25) is 0 Å². The Bertz CT molecular complexity index is 568. The van der Waals surface area contributed by atoms with E-state index < -0.39 is 17.8 Å². The zero-order chi connectivity index (χ0) is 12.4. The largest absolute Gasteiger partial charge is 0.361 e. The lowest BCUT2D eigenvalue weighted by molar-refractivity contribution is 0.102. The Labute approximate surface area is 94.4 Å². The van der Waals surface area contributed by atoms with Crippen molar-refractivity contribution in [1.29, 1.82) is 0 Å². The van der Waals surface area contributed by atoms with Crippen molar-refractivity contribution in [2.45, 2.75) is 6.92 Å². The number of anilines is 1. The number of aromatic nitrogens is 2. The van der Waals surface area contributed by atoms with Crippen molar-refractivity contribution in [1.82, 2.24) is 10.1 Å². The first-order valence-electron chi connectivity index (χ1n) is 4.62. The molecule has 17 heavy (non-hydrogen) atoms. The van der Waals surface area contributed by atoms with Crippen molar-refractivity contribution in [2.24, 2.45) is 0 Å². The van der Waals surface area contributed by atoms with Gasteiger partial charge in [-0.3, -0.25) is 4.79 Å². The molecule has 88 valence electrons. The molecule has 0 radical (unpaired) electrons. The Hall–Kier alpha value is -2.31. The summed E-state index contributed by atoms with van der Waals surface area (Å²) < 4.78 is 30.4. The van der Waals surface area contributed by atoms with Crippen molar-refractivity contribution in [2.75, 3.05) is 5.32 Å². The summed E-state index contributed by atoms with van der Waals surface area (Å²) in [6.45, 7) is 1.54. The van der Waals surface area contributed by atoms with Crippen molar-refractivity contribution in [3.63, 3.8) is 0 Å². The standard InChI is InChI=1S/C10H7F2N3O2/c1-5-6(4-13-17-5)10(16)14-7-2-3-8(11)15-9(7)12/h2-4H,1H3,(H,14,16). The summed E-state index contributed by atoms with van der Waals surface area (Å²) in [5.41, 5.74) is -0.0364. The first kappa shape index (κ1) is 11.2. The number of halogens is 2. The van der Waals surface area contributed by atoms with Crippen molar-refractivity contribution >= 4 is 11.6 Å². The Morgan fingerprint density at radius 3 is 2.76 bits per heavy atom. The van der Waals surface area contributed by atoms with Gasteiger partial charge in [0.25, 0.3) is 5.91 Å².